The van der Waals surface area contributed by atoms with Crippen LogP contribution in [-0.4, -0.2) is 67.6 Å². The second-order valence-electron chi connectivity index (χ2n) is 9.36. The van der Waals surface area contributed by atoms with E-state index in [0.717, 1.165) is 16.3 Å². The van der Waals surface area contributed by atoms with Crippen LogP contribution in [-0.2, 0) is 11.2 Å². The van der Waals surface area contributed by atoms with Gasteiger partial charge in [0.25, 0.3) is 11.8 Å². The van der Waals surface area contributed by atoms with Crippen LogP contribution in [0.4, 0.5) is 0 Å². The molecular weight excluding hydrogens is 520 g/mol. The van der Waals surface area contributed by atoms with Crippen LogP contribution in [0.15, 0.2) is 35.7 Å². The Labute approximate surface area is 228 Å². The first-order chi connectivity index (χ1) is 18.8. The summed E-state index contributed by atoms with van der Waals surface area (Å²) in [5, 5.41) is 15.2. The van der Waals surface area contributed by atoms with Crippen molar-refractivity contribution in [3.05, 3.63) is 69.1 Å². The Hall–Kier alpha value is -4.39. The van der Waals surface area contributed by atoms with E-state index in [2.05, 4.69) is 31.1 Å². The molecule has 13 heteroatoms. The Kier molecular flexibility index (Phi) is 7.50. The van der Waals surface area contributed by atoms with Gasteiger partial charge < -0.3 is 9.64 Å². The summed E-state index contributed by atoms with van der Waals surface area (Å²) in [6, 6.07) is 8.98. The van der Waals surface area contributed by atoms with E-state index in [1.807, 2.05) is 26.0 Å². The summed E-state index contributed by atoms with van der Waals surface area (Å²) < 4.78 is 6.81. The Bertz CT molecular complexity index is 1540. The van der Waals surface area contributed by atoms with Gasteiger partial charge in [-0.25, -0.2) is 9.50 Å². The number of carbonyl (C=O) groups is 3. The van der Waals surface area contributed by atoms with Crippen molar-refractivity contribution in [1.82, 2.24) is 40.5 Å². The van der Waals surface area contributed by atoms with E-state index in [1.165, 1.54) is 11.3 Å². The van der Waals surface area contributed by atoms with Crippen molar-refractivity contribution in [3.8, 4) is 5.75 Å². The summed E-state index contributed by atoms with van der Waals surface area (Å²) in [6.07, 6.45) is 1.53. The monoisotopic (exact) mass is 548 g/mol. The van der Waals surface area contributed by atoms with Crippen molar-refractivity contribution >= 4 is 34.7 Å². The third kappa shape index (κ3) is 5.72. The second-order valence-corrected chi connectivity index (χ2v) is 10.2. The smallest absolute Gasteiger partial charge is 0.289 e. The summed E-state index contributed by atoms with van der Waals surface area (Å²) in [4.78, 5) is 44.2. The highest BCUT2D eigenvalue weighted by Gasteiger charge is 2.29. The lowest BCUT2D eigenvalue weighted by molar-refractivity contribution is -0.121. The summed E-state index contributed by atoms with van der Waals surface area (Å²) >= 11 is 1.40. The number of rotatable bonds is 6. The standard InChI is InChI=1S/C26H28N8O4S/c1-15-11-21-28-30-23(16(2)34(21)32-15)26(37)33-9-7-18(8-10-33)25-27-20(14-39-25)24(36)31-29-22(35)13-17-5-4-6-19(12-17)38-3/h4-6,11-12,14,18H,7-10,13H2,1-3H3,(H,29,35)(H,31,36). The Morgan fingerprint density at radius 1 is 1.10 bits per heavy atom. The van der Waals surface area contributed by atoms with Crippen molar-refractivity contribution in [2.24, 2.45) is 0 Å². The molecule has 5 rings (SSSR count). The van der Waals surface area contributed by atoms with E-state index in [9.17, 15) is 14.4 Å². The van der Waals surface area contributed by atoms with Gasteiger partial charge in [0.15, 0.2) is 11.3 Å². The number of fused-ring (bicyclic) bond motifs is 1. The molecule has 39 heavy (non-hydrogen) atoms. The molecule has 0 spiro atoms. The number of methoxy groups -OCH3 is 1. The number of nitrogens with one attached hydrogen (secondary N) is 2. The number of ether oxygens (including phenoxy) is 1. The van der Waals surface area contributed by atoms with E-state index in [0.29, 0.717) is 48.7 Å². The molecule has 1 aromatic carbocycles. The predicted octanol–water partition coefficient (Wildman–Crippen LogP) is 2.23. The molecule has 12 nitrogen and oxygen atoms in total. The molecular formula is C26H28N8O4S. The van der Waals surface area contributed by atoms with Crippen LogP contribution < -0.4 is 15.6 Å². The third-order valence-corrected chi connectivity index (χ3v) is 7.64. The number of aromatic nitrogens is 5. The minimum absolute atomic E-state index is 0.0949. The van der Waals surface area contributed by atoms with E-state index >= 15 is 0 Å². The number of likely N-dealkylation sites (tertiary alicyclic amines) is 1. The predicted molar refractivity (Wildman–Crippen MR) is 143 cm³/mol. The molecule has 0 aliphatic carbocycles. The van der Waals surface area contributed by atoms with Gasteiger partial charge in [-0.1, -0.05) is 12.1 Å². The molecule has 0 bridgehead atoms. The van der Waals surface area contributed by atoms with Gasteiger partial charge in [-0.15, -0.1) is 21.5 Å². The molecule has 4 heterocycles. The van der Waals surface area contributed by atoms with Crippen molar-refractivity contribution in [2.75, 3.05) is 20.2 Å². The number of nitrogens with zero attached hydrogens (tertiary/aromatic N) is 6. The third-order valence-electron chi connectivity index (χ3n) is 6.63. The van der Waals surface area contributed by atoms with E-state index in [1.54, 1.807) is 40.1 Å². The topological polar surface area (TPSA) is 144 Å². The number of thiazole rings is 1. The van der Waals surface area contributed by atoms with Crippen LogP contribution >= 0.6 is 11.3 Å². The molecule has 4 aromatic rings. The van der Waals surface area contributed by atoms with Crippen molar-refractivity contribution in [3.63, 3.8) is 0 Å². The van der Waals surface area contributed by atoms with Gasteiger partial charge in [-0.2, -0.15) is 5.10 Å². The number of hydrogen-bond donors (Lipinski definition) is 2. The SMILES string of the molecule is COc1cccc(CC(=O)NNC(=O)c2csc(C3CCN(C(=O)c4nnc5cc(C)nn5c4C)CC3)n2)c1. The number of aryl methyl sites for hydroxylation is 2. The maximum atomic E-state index is 13.2. The Morgan fingerprint density at radius 3 is 2.67 bits per heavy atom. The summed E-state index contributed by atoms with van der Waals surface area (Å²) in [5.74, 6) is -0.221. The zero-order valence-corrected chi connectivity index (χ0v) is 22.6. The Balaban J connectivity index is 1.13. The van der Waals surface area contributed by atoms with E-state index in [-0.39, 0.29) is 29.8 Å². The minimum Gasteiger partial charge on any atom is -0.497 e. The fraction of sp³-hybridized carbons (Fsp3) is 0.346. The average molecular weight is 549 g/mol. The molecule has 202 valence electrons. The molecule has 3 aromatic heterocycles. The maximum absolute atomic E-state index is 13.2. The number of carbonyl (C=O) groups excluding carboxylic acids is 3. The molecule has 1 aliphatic rings. The van der Waals surface area contributed by atoms with Crippen LogP contribution in [0.5, 0.6) is 5.75 Å². The van der Waals surface area contributed by atoms with Crippen LogP contribution in [0.1, 0.15) is 61.7 Å². The number of piperidine rings is 1. The van der Waals surface area contributed by atoms with Gasteiger partial charge in [0.1, 0.15) is 11.4 Å². The molecule has 0 saturated carbocycles. The van der Waals surface area contributed by atoms with E-state index < -0.39 is 5.91 Å². The fourth-order valence-electron chi connectivity index (χ4n) is 4.54. The largest absolute Gasteiger partial charge is 0.497 e. The van der Waals surface area contributed by atoms with Gasteiger partial charge in [-0.3, -0.25) is 25.2 Å². The van der Waals surface area contributed by atoms with Crippen LogP contribution in [0.25, 0.3) is 5.65 Å². The normalized spacial score (nSPS) is 13.9. The maximum Gasteiger partial charge on any atom is 0.289 e. The van der Waals surface area contributed by atoms with Gasteiger partial charge in [0.05, 0.1) is 29.9 Å². The highest BCUT2D eigenvalue weighted by atomic mass is 32.1. The quantitative estimate of drug-likeness (QED) is 0.349. The zero-order chi connectivity index (χ0) is 27.5. The van der Waals surface area contributed by atoms with Crippen molar-refractivity contribution in [2.45, 2.75) is 39.0 Å². The van der Waals surface area contributed by atoms with Crippen LogP contribution in [0.2, 0.25) is 0 Å². The molecule has 1 saturated heterocycles. The number of benzene rings is 1. The fourth-order valence-corrected chi connectivity index (χ4v) is 5.51. The molecule has 1 aliphatic heterocycles. The van der Waals surface area contributed by atoms with Gasteiger partial charge in [0.2, 0.25) is 5.91 Å². The first kappa shape index (κ1) is 26.2. The summed E-state index contributed by atoms with van der Waals surface area (Å²) in [5.41, 5.74) is 8.24. The molecule has 3 amide bonds. The lowest BCUT2D eigenvalue weighted by Crippen LogP contribution is -2.42. The molecule has 1 fully saturated rings. The van der Waals surface area contributed by atoms with Gasteiger partial charge >= 0.3 is 0 Å². The average Bonchev–Trinajstić information content (AvgIpc) is 3.59. The molecule has 0 unspecified atom stereocenters. The molecule has 2 N–H and O–H groups in total. The zero-order valence-electron chi connectivity index (χ0n) is 21.8. The highest BCUT2D eigenvalue weighted by Crippen LogP contribution is 2.31. The highest BCUT2D eigenvalue weighted by molar-refractivity contribution is 7.09. The number of amides is 3. The molecule has 0 radical (unpaired) electrons. The van der Waals surface area contributed by atoms with Crippen molar-refractivity contribution in [1.29, 1.82) is 0 Å². The minimum atomic E-state index is -0.484. The number of hydrogen-bond acceptors (Lipinski definition) is 9. The first-order valence-electron chi connectivity index (χ1n) is 12.5. The lowest BCUT2D eigenvalue weighted by Gasteiger charge is -2.31. The van der Waals surface area contributed by atoms with E-state index in [4.69, 9.17) is 4.74 Å². The summed E-state index contributed by atoms with van der Waals surface area (Å²) in [7, 11) is 1.56. The molecule has 0 atom stereocenters. The first-order valence-corrected chi connectivity index (χ1v) is 13.4. The second kappa shape index (κ2) is 11.2. The Morgan fingerprint density at radius 2 is 1.90 bits per heavy atom. The van der Waals surface area contributed by atoms with Crippen LogP contribution in [0, 0.1) is 13.8 Å². The number of hydrazine groups is 1. The lowest BCUT2D eigenvalue weighted by atomic mass is 9.97. The van der Waals surface area contributed by atoms with Crippen LogP contribution in [0.3, 0.4) is 0 Å². The van der Waals surface area contributed by atoms with Gasteiger partial charge in [-0.05, 0) is 44.4 Å². The van der Waals surface area contributed by atoms with Crippen molar-refractivity contribution < 1.29 is 19.1 Å². The van der Waals surface area contributed by atoms with Gasteiger partial charge in [0, 0.05) is 30.5 Å². The summed E-state index contributed by atoms with van der Waals surface area (Å²) in [6.45, 7) is 4.77.